The predicted molar refractivity (Wildman–Crippen MR) is 109 cm³/mol. The quantitative estimate of drug-likeness (QED) is 0.534. The van der Waals surface area contributed by atoms with E-state index in [1.165, 1.54) is 25.7 Å². The Hall–Kier alpha value is -2.01. The monoisotopic (exact) mass is 371 g/mol. The van der Waals surface area contributed by atoms with Crippen molar-refractivity contribution >= 4 is 0 Å². The second kappa shape index (κ2) is 11.0. The summed E-state index contributed by atoms with van der Waals surface area (Å²) in [5, 5.41) is 19.6. The highest BCUT2D eigenvalue weighted by Crippen LogP contribution is 2.15. The van der Waals surface area contributed by atoms with Gasteiger partial charge in [0.1, 0.15) is 28.3 Å². The Morgan fingerprint density at radius 3 is 1.81 bits per heavy atom. The molecule has 1 aromatic heterocycles. The minimum Gasteiger partial charge on any atom is -0.493 e. The zero-order valence-corrected chi connectivity index (χ0v) is 17.4. The first-order valence-electron chi connectivity index (χ1n) is 9.75. The van der Waals surface area contributed by atoms with E-state index < -0.39 is 11.2 Å². The van der Waals surface area contributed by atoms with Crippen molar-refractivity contribution in [2.24, 2.45) is 0 Å². The summed E-state index contributed by atoms with van der Waals surface area (Å²) >= 11 is 0. The molecule has 1 aromatic rings. The van der Waals surface area contributed by atoms with Crippen molar-refractivity contribution in [3.8, 4) is 29.4 Å². The summed E-state index contributed by atoms with van der Waals surface area (Å²) < 4.78 is 5.86. The fraction of sp³-hybridized carbons (Fsp3) is 0.609. The number of hydrogen-bond donors (Lipinski definition) is 2. The van der Waals surface area contributed by atoms with Crippen LogP contribution >= 0.6 is 0 Å². The molecule has 4 heteroatoms. The molecule has 0 radical (unpaired) electrons. The van der Waals surface area contributed by atoms with Gasteiger partial charge in [-0.3, -0.25) is 0 Å². The Bertz CT molecular complexity index is 653. The molecule has 0 fully saturated rings. The number of nitrogens with zero attached hydrogens (tertiary/aromatic N) is 1. The molecule has 0 aliphatic rings. The molecule has 1 heterocycles. The number of hydrogen-bond acceptors (Lipinski definition) is 4. The van der Waals surface area contributed by atoms with Gasteiger partial charge in [-0.1, -0.05) is 50.9 Å². The van der Waals surface area contributed by atoms with Gasteiger partial charge < -0.3 is 14.9 Å². The number of ether oxygens (including phenoxy) is 1. The van der Waals surface area contributed by atoms with Gasteiger partial charge in [0.25, 0.3) is 0 Å². The fourth-order valence-electron chi connectivity index (χ4n) is 2.22. The number of aromatic nitrogens is 1. The molecule has 1 rings (SSSR count). The molecule has 0 saturated carbocycles. The van der Waals surface area contributed by atoms with Gasteiger partial charge in [-0.15, -0.1) is 0 Å². The molecule has 0 atom stereocenters. The van der Waals surface area contributed by atoms with Crippen molar-refractivity contribution in [1.29, 1.82) is 0 Å². The maximum Gasteiger partial charge on any atom is 0.124 e. The minimum atomic E-state index is -1.10. The zero-order valence-electron chi connectivity index (χ0n) is 17.4. The first-order valence-corrected chi connectivity index (χ1v) is 9.75. The molecule has 4 nitrogen and oxygen atoms in total. The number of unbranched alkanes of at least 4 members (excludes halogenated alkanes) is 5. The highest BCUT2D eigenvalue weighted by atomic mass is 16.5. The third-order valence-electron chi connectivity index (χ3n) is 3.56. The Morgan fingerprint density at radius 2 is 1.33 bits per heavy atom. The molecule has 148 valence electrons. The first kappa shape index (κ1) is 23.0. The highest BCUT2D eigenvalue weighted by molar-refractivity contribution is 5.42. The van der Waals surface area contributed by atoms with Crippen molar-refractivity contribution in [3.63, 3.8) is 0 Å². The highest BCUT2D eigenvalue weighted by Gasteiger charge is 2.09. The van der Waals surface area contributed by atoms with E-state index in [1.807, 2.05) is 0 Å². The summed E-state index contributed by atoms with van der Waals surface area (Å²) in [7, 11) is 0. The van der Waals surface area contributed by atoms with Gasteiger partial charge in [0.05, 0.1) is 6.61 Å². The van der Waals surface area contributed by atoms with Crippen molar-refractivity contribution in [1.82, 2.24) is 4.98 Å². The van der Waals surface area contributed by atoms with E-state index in [1.54, 1.807) is 39.8 Å². The smallest absolute Gasteiger partial charge is 0.124 e. The van der Waals surface area contributed by atoms with Crippen LogP contribution in [0.1, 0.15) is 84.5 Å². The molecule has 0 spiro atoms. The largest absolute Gasteiger partial charge is 0.493 e. The lowest BCUT2D eigenvalue weighted by atomic mass is 10.1. The standard InChI is InChI=1S/C23H33NO3/c1-6-7-8-9-10-11-16-27-21-17-19(12-14-22(2,3)25)24-20(18-21)13-15-23(4,5)26/h17-18,25-26H,6-11,16H2,1-5H3. The Labute approximate surface area is 164 Å². The second-order valence-corrected chi connectivity index (χ2v) is 7.81. The van der Waals surface area contributed by atoms with E-state index in [9.17, 15) is 10.2 Å². The molecular formula is C23H33NO3. The lowest BCUT2D eigenvalue weighted by Crippen LogP contribution is -2.15. The van der Waals surface area contributed by atoms with Crippen LogP contribution in [0.25, 0.3) is 0 Å². The van der Waals surface area contributed by atoms with E-state index in [4.69, 9.17) is 4.74 Å². The molecule has 0 unspecified atom stereocenters. The molecule has 27 heavy (non-hydrogen) atoms. The maximum absolute atomic E-state index is 9.80. The molecule has 0 bridgehead atoms. The summed E-state index contributed by atoms with van der Waals surface area (Å²) in [5.74, 6) is 11.9. The SMILES string of the molecule is CCCCCCCCOc1cc(C#CC(C)(C)O)nc(C#CC(C)(C)O)c1. The van der Waals surface area contributed by atoms with E-state index in [0.29, 0.717) is 23.7 Å². The van der Waals surface area contributed by atoms with Crippen LogP contribution in [0.4, 0.5) is 0 Å². The third kappa shape index (κ3) is 12.1. The minimum absolute atomic E-state index is 0.484. The van der Waals surface area contributed by atoms with Gasteiger partial charge in [-0.05, 0) is 46.0 Å². The van der Waals surface area contributed by atoms with E-state index in [-0.39, 0.29) is 0 Å². The van der Waals surface area contributed by atoms with Gasteiger partial charge >= 0.3 is 0 Å². The number of rotatable bonds is 8. The summed E-state index contributed by atoms with van der Waals surface area (Å²) in [5.41, 5.74) is -1.23. The molecule has 0 saturated heterocycles. The average molecular weight is 372 g/mol. The van der Waals surface area contributed by atoms with Crippen LogP contribution < -0.4 is 4.74 Å². The zero-order chi connectivity index (χ0) is 20.3. The Balaban J connectivity index is 2.84. The van der Waals surface area contributed by atoms with Crippen molar-refractivity contribution < 1.29 is 14.9 Å². The third-order valence-corrected chi connectivity index (χ3v) is 3.56. The maximum atomic E-state index is 9.80. The van der Waals surface area contributed by atoms with Crippen LogP contribution in [0.5, 0.6) is 5.75 Å². The number of pyridine rings is 1. The molecule has 0 amide bonds. The predicted octanol–water partition coefficient (Wildman–Crippen LogP) is 4.07. The van der Waals surface area contributed by atoms with E-state index in [2.05, 4.69) is 35.6 Å². The molecule has 0 aliphatic heterocycles. The molecule has 2 N–H and O–H groups in total. The van der Waals surface area contributed by atoms with Crippen LogP contribution in [-0.4, -0.2) is 33.0 Å². The van der Waals surface area contributed by atoms with Gasteiger partial charge in [-0.25, -0.2) is 4.98 Å². The van der Waals surface area contributed by atoms with Crippen LogP contribution in [0, 0.1) is 23.7 Å². The molecule has 0 aliphatic carbocycles. The van der Waals surface area contributed by atoms with Gasteiger partial charge in [0.2, 0.25) is 0 Å². The normalized spacial score (nSPS) is 11.2. The Kier molecular flexibility index (Phi) is 9.36. The lowest BCUT2D eigenvalue weighted by Gasteiger charge is -2.09. The van der Waals surface area contributed by atoms with Crippen LogP contribution in [0.3, 0.4) is 0 Å². The summed E-state index contributed by atoms with van der Waals surface area (Å²) in [6.45, 7) is 9.32. The van der Waals surface area contributed by atoms with Crippen LogP contribution in [0.2, 0.25) is 0 Å². The first-order chi connectivity index (χ1) is 12.6. The van der Waals surface area contributed by atoms with Crippen molar-refractivity contribution in [2.45, 2.75) is 84.3 Å². The van der Waals surface area contributed by atoms with Crippen molar-refractivity contribution in [2.75, 3.05) is 6.61 Å². The van der Waals surface area contributed by atoms with Crippen LogP contribution in [-0.2, 0) is 0 Å². The summed E-state index contributed by atoms with van der Waals surface area (Å²) in [6, 6.07) is 3.51. The molecule has 0 aromatic carbocycles. The van der Waals surface area contributed by atoms with Gasteiger partial charge in [-0.2, -0.15) is 0 Å². The fourth-order valence-corrected chi connectivity index (χ4v) is 2.22. The second-order valence-electron chi connectivity index (χ2n) is 7.81. The van der Waals surface area contributed by atoms with Gasteiger partial charge in [0, 0.05) is 12.1 Å². The Morgan fingerprint density at radius 1 is 0.852 bits per heavy atom. The van der Waals surface area contributed by atoms with Crippen molar-refractivity contribution in [3.05, 3.63) is 23.5 Å². The van der Waals surface area contributed by atoms with E-state index >= 15 is 0 Å². The van der Waals surface area contributed by atoms with Crippen LogP contribution in [0.15, 0.2) is 12.1 Å². The van der Waals surface area contributed by atoms with E-state index in [0.717, 1.165) is 12.8 Å². The topological polar surface area (TPSA) is 62.6 Å². The lowest BCUT2D eigenvalue weighted by molar-refractivity contribution is 0.143. The average Bonchev–Trinajstić information content (AvgIpc) is 2.56. The number of aliphatic hydroxyl groups is 2. The molecular weight excluding hydrogens is 338 g/mol. The van der Waals surface area contributed by atoms with Gasteiger partial charge in [0.15, 0.2) is 0 Å². The summed E-state index contributed by atoms with van der Waals surface area (Å²) in [4.78, 5) is 4.37. The summed E-state index contributed by atoms with van der Waals surface area (Å²) in [6.07, 6.45) is 7.20.